The second kappa shape index (κ2) is 14.6. The van der Waals surface area contributed by atoms with Crippen LogP contribution in [-0.2, 0) is 22.7 Å². The second-order valence-electron chi connectivity index (χ2n) is 9.56. The topological polar surface area (TPSA) is 129 Å². The zero-order valence-electron chi connectivity index (χ0n) is 22.6. The van der Waals surface area contributed by atoms with E-state index in [4.69, 9.17) is 9.47 Å². The summed E-state index contributed by atoms with van der Waals surface area (Å²) in [4.78, 5) is 27.8. The van der Waals surface area contributed by atoms with Crippen molar-refractivity contribution in [2.24, 2.45) is 0 Å². The minimum Gasteiger partial charge on any atom is -0.493 e. The first-order valence-corrected chi connectivity index (χ1v) is 13.8. The zero-order chi connectivity index (χ0) is 29.4. The fourth-order valence-corrected chi connectivity index (χ4v) is 5.19. The Morgan fingerprint density at radius 3 is 2.58 bits per heavy atom. The van der Waals surface area contributed by atoms with Crippen LogP contribution in [0.2, 0.25) is 0 Å². The third kappa shape index (κ3) is 7.80. The highest BCUT2D eigenvalue weighted by Gasteiger charge is 2.41. The summed E-state index contributed by atoms with van der Waals surface area (Å²) in [6, 6.07) is 8.39. The van der Waals surface area contributed by atoms with Crippen LogP contribution in [0.3, 0.4) is 0 Å². The number of halogens is 2. The van der Waals surface area contributed by atoms with Gasteiger partial charge in [0.05, 0.1) is 29.9 Å². The number of allylic oxidation sites excluding steroid dienone is 1. The van der Waals surface area contributed by atoms with Crippen LogP contribution in [0.15, 0.2) is 59.7 Å². The Morgan fingerprint density at radius 1 is 1.23 bits per heavy atom. The van der Waals surface area contributed by atoms with Crippen LogP contribution in [0.4, 0.5) is 4.39 Å². The van der Waals surface area contributed by atoms with Gasteiger partial charge in [-0.05, 0) is 66.3 Å². The smallest absolute Gasteiger partial charge is 0.247 e. The summed E-state index contributed by atoms with van der Waals surface area (Å²) in [7, 11) is 1.44. The van der Waals surface area contributed by atoms with Gasteiger partial charge in [0.2, 0.25) is 11.8 Å². The number of amides is 2. The van der Waals surface area contributed by atoms with Gasteiger partial charge in [-0.25, -0.2) is 4.39 Å². The molecule has 0 bridgehead atoms. The average Bonchev–Trinajstić information content (AvgIpc) is 2.92. The Bertz CT molecular complexity index is 1280. The van der Waals surface area contributed by atoms with Crippen LogP contribution in [-0.4, -0.2) is 70.5 Å². The number of methoxy groups -OCH3 is 1. The molecule has 0 saturated carbocycles. The summed E-state index contributed by atoms with van der Waals surface area (Å²) in [6.45, 7) is 2.88. The molecule has 3 rings (SSSR count). The third-order valence-corrected chi connectivity index (χ3v) is 7.14. The lowest BCUT2D eigenvalue weighted by atomic mass is 9.87. The van der Waals surface area contributed by atoms with Crippen molar-refractivity contribution in [1.82, 2.24) is 10.2 Å². The Kier molecular flexibility index (Phi) is 11.5. The number of rotatable bonds is 11. The molecule has 9 nitrogen and oxygen atoms in total. The number of hydrogen-bond donors (Lipinski definition) is 4. The molecule has 1 aliphatic rings. The number of benzene rings is 2. The first-order chi connectivity index (χ1) is 19.1. The van der Waals surface area contributed by atoms with Gasteiger partial charge < -0.3 is 35.0 Å². The van der Waals surface area contributed by atoms with E-state index in [1.54, 1.807) is 44.2 Å². The molecule has 0 saturated heterocycles. The van der Waals surface area contributed by atoms with E-state index in [-0.39, 0.29) is 49.6 Å². The molecule has 2 amide bonds. The lowest BCUT2D eigenvalue weighted by molar-refractivity contribution is -0.134. The Balaban J connectivity index is 2.08. The zero-order valence-corrected chi connectivity index (χ0v) is 24.7. The first kappa shape index (κ1) is 31.5. The summed E-state index contributed by atoms with van der Waals surface area (Å²) < 4.78 is 26.9. The highest BCUT2D eigenvalue weighted by Crippen LogP contribution is 2.37. The molecule has 0 aliphatic heterocycles. The summed E-state index contributed by atoms with van der Waals surface area (Å²) in [5, 5.41) is 33.0. The Labute approximate surface area is 246 Å². The lowest BCUT2D eigenvalue weighted by Crippen LogP contribution is -2.54. The van der Waals surface area contributed by atoms with Gasteiger partial charge >= 0.3 is 0 Å². The third-order valence-electron chi connectivity index (χ3n) is 6.33. The number of ether oxygens (including phenoxy) is 2. The van der Waals surface area contributed by atoms with Crippen LogP contribution in [0.25, 0.3) is 0 Å². The maximum absolute atomic E-state index is 14.7. The van der Waals surface area contributed by atoms with Crippen molar-refractivity contribution in [3.8, 4) is 11.5 Å². The minimum atomic E-state index is -1.31. The normalized spacial score (nSPS) is 18.4. The Hall–Kier alpha value is -3.00. The van der Waals surface area contributed by atoms with Crippen LogP contribution in [0.5, 0.6) is 11.5 Å². The largest absolute Gasteiger partial charge is 0.493 e. The number of carbonyl (C=O) groups excluding carboxylic acids is 2. The molecule has 0 radical (unpaired) electrons. The van der Waals surface area contributed by atoms with Crippen molar-refractivity contribution in [2.45, 2.75) is 51.7 Å². The summed E-state index contributed by atoms with van der Waals surface area (Å²) >= 11 is 2.02. The summed E-state index contributed by atoms with van der Waals surface area (Å²) in [5.41, 5.74) is 1.79. The quantitative estimate of drug-likeness (QED) is 0.214. The number of hydrogen-bond acceptors (Lipinski definition) is 7. The lowest BCUT2D eigenvalue weighted by Gasteiger charge is -2.40. The molecule has 40 heavy (non-hydrogen) atoms. The molecule has 0 aromatic heterocycles. The predicted molar refractivity (Wildman–Crippen MR) is 155 cm³/mol. The van der Waals surface area contributed by atoms with Crippen molar-refractivity contribution in [1.29, 1.82) is 0 Å². The van der Waals surface area contributed by atoms with E-state index in [0.29, 0.717) is 20.5 Å². The molecule has 0 heterocycles. The average molecular weight is 669 g/mol. The monoisotopic (exact) mass is 668 g/mol. The number of nitrogens with one attached hydrogen (secondary N) is 1. The van der Waals surface area contributed by atoms with Gasteiger partial charge in [-0.2, -0.15) is 0 Å². The maximum Gasteiger partial charge on any atom is 0.247 e. The van der Waals surface area contributed by atoms with Crippen molar-refractivity contribution < 1.29 is 38.8 Å². The van der Waals surface area contributed by atoms with Crippen molar-refractivity contribution in [2.75, 3.05) is 20.3 Å². The highest BCUT2D eigenvalue weighted by atomic mass is 127. The summed E-state index contributed by atoms with van der Waals surface area (Å²) in [6.07, 6.45) is 0.433. The Morgan fingerprint density at radius 2 is 1.95 bits per heavy atom. The number of nitrogens with zero attached hydrogens (tertiary/aromatic N) is 1. The molecule has 4 N–H and O–H groups in total. The standard InChI is InChI=1S/C29H34FIN2O7/c1-17(2)10-26(36)33(15-19-6-4-5-7-21(19)30)23-13-20(29(38)32-8-9-34)14-24(27(23)37)40-28-22(31)11-18(16-35)12-25(28)39-3/h4-7,10-12,14,23-24,27,34-35,37H,8-9,13,15-16H2,1-3H3,(H,32,38). The predicted octanol–water partition coefficient (Wildman–Crippen LogP) is 2.84. The SMILES string of the molecule is COc1cc(CO)cc(I)c1OC1C=C(C(=O)NCCO)CC(N(Cc2ccccc2F)C(=O)C=C(C)C)C1O. The first-order valence-electron chi connectivity index (χ1n) is 12.7. The van der Waals surface area contributed by atoms with E-state index >= 15 is 0 Å². The highest BCUT2D eigenvalue weighted by molar-refractivity contribution is 14.1. The van der Waals surface area contributed by atoms with Gasteiger partial charge in [-0.3, -0.25) is 9.59 Å². The van der Waals surface area contributed by atoms with Crippen LogP contribution >= 0.6 is 22.6 Å². The van der Waals surface area contributed by atoms with Gasteiger partial charge in [0, 0.05) is 36.7 Å². The molecule has 2 aromatic carbocycles. The molecule has 0 spiro atoms. The summed E-state index contributed by atoms with van der Waals surface area (Å²) in [5.74, 6) is -0.850. The number of aliphatic hydroxyl groups excluding tert-OH is 3. The molecule has 11 heteroatoms. The molecule has 216 valence electrons. The molecule has 1 aliphatic carbocycles. The van der Waals surface area contributed by atoms with Crippen LogP contribution < -0.4 is 14.8 Å². The van der Waals surface area contributed by atoms with E-state index in [1.807, 2.05) is 22.6 Å². The van der Waals surface area contributed by atoms with Crippen LogP contribution in [0, 0.1) is 9.39 Å². The number of carbonyl (C=O) groups is 2. The molecular formula is C29H34FIN2O7. The number of aliphatic hydroxyl groups is 3. The van der Waals surface area contributed by atoms with E-state index in [2.05, 4.69) is 5.32 Å². The van der Waals surface area contributed by atoms with Gasteiger partial charge in [-0.15, -0.1) is 0 Å². The van der Waals surface area contributed by atoms with Crippen molar-refractivity contribution >= 4 is 34.4 Å². The van der Waals surface area contributed by atoms with E-state index in [9.17, 15) is 29.3 Å². The van der Waals surface area contributed by atoms with Crippen LogP contribution in [0.1, 0.15) is 31.4 Å². The fraction of sp³-hybridized carbons (Fsp3) is 0.379. The molecule has 0 fully saturated rings. The maximum atomic E-state index is 14.7. The molecule has 2 aromatic rings. The molecular weight excluding hydrogens is 634 g/mol. The van der Waals surface area contributed by atoms with Gasteiger partial charge in [0.1, 0.15) is 18.0 Å². The molecule has 3 unspecified atom stereocenters. The van der Waals surface area contributed by atoms with E-state index in [0.717, 1.165) is 0 Å². The van der Waals surface area contributed by atoms with Gasteiger partial charge in [-0.1, -0.05) is 23.8 Å². The van der Waals surface area contributed by atoms with Crippen molar-refractivity contribution in [3.05, 3.63) is 80.2 Å². The van der Waals surface area contributed by atoms with Gasteiger partial charge in [0.15, 0.2) is 11.5 Å². The fourth-order valence-electron chi connectivity index (χ4n) is 4.39. The second-order valence-corrected chi connectivity index (χ2v) is 10.7. The molecule has 3 atom stereocenters. The van der Waals surface area contributed by atoms with Gasteiger partial charge in [0.25, 0.3) is 0 Å². The van der Waals surface area contributed by atoms with Crippen molar-refractivity contribution in [3.63, 3.8) is 0 Å². The van der Waals surface area contributed by atoms with E-state index in [1.165, 1.54) is 30.2 Å². The van der Waals surface area contributed by atoms with E-state index < -0.39 is 35.9 Å². The minimum absolute atomic E-state index is 0.0128.